The molecule has 3 rings (SSSR count). The summed E-state index contributed by atoms with van der Waals surface area (Å²) in [5.74, 6) is -3.43. The number of carbonyl (C=O) groups is 1. The van der Waals surface area contributed by atoms with Crippen molar-refractivity contribution < 1.29 is 36.6 Å². The monoisotopic (exact) mass is 456 g/mol. The summed E-state index contributed by atoms with van der Waals surface area (Å²) in [4.78, 5) is 24.5. The molecule has 3 aromatic rings. The molecule has 0 saturated heterocycles. The number of hydrogen-bond donors (Lipinski definition) is 0. The highest BCUT2D eigenvalue weighted by molar-refractivity contribution is 6.32. The third-order valence-corrected chi connectivity index (χ3v) is 4.37. The van der Waals surface area contributed by atoms with Gasteiger partial charge in [-0.15, -0.1) is 0 Å². The molecule has 6 nitrogen and oxygen atoms in total. The van der Waals surface area contributed by atoms with Crippen LogP contribution in [0.4, 0.5) is 13.2 Å². The number of fused-ring (bicyclic) bond motifs is 1. The van der Waals surface area contributed by atoms with Gasteiger partial charge in [-0.2, -0.15) is 13.2 Å². The Balaban J connectivity index is 2.08. The molecule has 0 fully saturated rings. The minimum atomic E-state index is -5.03. The van der Waals surface area contributed by atoms with Crippen molar-refractivity contribution in [3.63, 3.8) is 0 Å². The van der Waals surface area contributed by atoms with Gasteiger partial charge in [0.2, 0.25) is 11.2 Å². The Morgan fingerprint density at radius 1 is 1.19 bits per heavy atom. The van der Waals surface area contributed by atoms with Crippen LogP contribution in [0, 0.1) is 0 Å². The van der Waals surface area contributed by atoms with Crippen molar-refractivity contribution >= 4 is 28.5 Å². The Kier molecular flexibility index (Phi) is 6.45. The van der Waals surface area contributed by atoms with Crippen molar-refractivity contribution in [2.45, 2.75) is 26.1 Å². The first-order valence-electron chi connectivity index (χ1n) is 9.05. The average Bonchev–Trinajstić information content (AvgIpc) is 2.70. The minimum absolute atomic E-state index is 0.0177. The van der Waals surface area contributed by atoms with E-state index in [-0.39, 0.29) is 28.5 Å². The lowest BCUT2D eigenvalue weighted by atomic mass is 10.2. The Hall–Kier alpha value is -3.20. The third-order valence-electron chi connectivity index (χ3n) is 4.06. The molecule has 31 heavy (non-hydrogen) atoms. The molecule has 0 aliphatic heterocycles. The van der Waals surface area contributed by atoms with Crippen LogP contribution in [0.15, 0.2) is 51.7 Å². The maximum Gasteiger partial charge on any atom is 0.453 e. The molecule has 0 unspecified atom stereocenters. The molecule has 0 N–H and O–H groups in total. The summed E-state index contributed by atoms with van der Waals surface area (Å²) >= 11 is 5.94. The summed E-state index contributed by atoms with van der Waals surface area (Å²) in [5.41, 5.74) is -1.43. The molecular formula is C21H16ClF3O6. The zero-order valence-corrected chi connectivity index (χ0v) is 17.0. The third kappa shape index (κ3) is 4.93. The van der Waals surface area contributed by atoms with Crippen LogP contribution in [-0.2, 0) is 15.7 Å². The van der Waals surface area contributed by atoms with Gasteiger partial charge in [0.05, 0.1) is 17.0 Å². The molecule has 1 aromatic heterocycles. The van der Waals surface area contributed by atoms with E-state index in [9.17, 15) is 22.8 Å². The fourth-order valence-corrected chi connectivity index (χ4v) is 2.83. The van der Waals surface area contributed by atoms with Crippen LogP contribution in [0.25, 0.3) is 11.0 Å². The van der Waals surface area contributed by atoms with Crippen molar-refractivity contribution in [1.29, 1.82) is 0 Å². The SMILES string of the molecule is CCOC(=O)[C@@H](C)Oc1ccc2c(=O)c(Oc3ccccc3Cl)c(C(F)(F)F)oc2c1. The van der Waals surface area contributed by atoms with Gasteiger partial charge >= 0.3 is 12.1 Å². The summed E-state index contributed by atoms with van der Waals surface area (Å²) in [5, 5.41) is -0.155. The van der Waals surface area contributed by atoms with Crippen LogP contribution in [0.3, 0.4) is 0 Å². The number of ether oxygens (including phenoxy) is 3. The van der Waals surface area contributed by atoms with Gasteiger partial charge in [-0.3, -0.25) is 4.79 Å². The van der Waals surface area contributed by atoms with Crippen LogP contribution in [0.5, 0.6) is 17.2 Å². The number of halogens is 4. The molecule has 0 bridgehead atoms. The second kappa shape index (κ2) is 8.89. The van der Waals surface area contributed by atoms with Crippen LogP contribution >= 0.6 is 11.6 Å². The zero-order chi connectivity index (χ0) is 22.8. The summed E-state index contributed by atoms with van der Waals surface area (Å²) in [6.07, 6.45) is -6.05. The number of esters is 1. The van der Waals surface area contributed by atoms with Gasteiger partial charge < -0.3 is 18.6 Å². The van der Waals surface area contributed by atoms with E-state index >= 15 is 0 Å². The molecule has 0 amide bonds. The molecule has 0 aliphatic carbocycles. The smallest absolute Gasteiger partial charge is 0.453 e. The number of rotatable bonds is 6. The Morgan fingerprint density at radius 3 is 2.55 bits per heavy atom. The van der Waals surface area contributed by atoms with Gasteiger partial charge in [0.15, 0.2) is 6.10 Å². The Morgan fingerprint density at radius 2 is 1.90 bits per heavy atom. The number of hydrogen-bond acceptors (Lipinski definition) is 6. The molecule has 0 saturated carbocycles. The quantitative estimate of drug-likeness (QED) is 0.450. The highest BCUT2D eigenvalue weighted by atomic mass is 35.5. The van der Waals surface area contributed by atoms with Crippen molar-refractivity contribution in [2.75, 3.05) is 6.61 Å². The predicted molar refractivity (Wildman–Crippen MR) is 106 cm³/mol. The molecule has 1 heterocycles. The molecule has 1 atom stereocenters. The number of carbonyl (C=O) groups excluding carboxylic acids is 1. The fraction of sp³-hybridized carbons (Fsp3) is 0.238. The largest absolute Gasteiger partial charge is 0.479 e. The summed E-state index contributed by atoms with van der Waals surface area (Å²) in [6, 6.07) is 9.39. The summed E-state index contributed by atoms with van der Waals surface area (Å²) in [6.45, 7) is 3.18. The first-order chi connectivity index (χ1) is 14.6. The second-order valence-electron chi connectivity index (χ2n) is 6.29. The summed E-state index contributed by atoms with van der Waals surface area (Å²) < 4.78 is 61.3. The van der Waals surface area contributed by atoms with E-state index in [1.165, 1.54) is 37.3 Å². The van der Waals surface area contributed by atoms with E-state index in [1.54, 1.807) is 13.0 Å². The minimum Gasteiger partial charge on any atom is -0.479 e. The van der Waals surface area contributed by atoms with E-state index in [4.69, 9.17) is 30.2 Å². The standard InChI is InChI=1S/C21H16ClF3O6/c1-3-28-20(27)11(2)29-12-8-9-13-16(10-12)31-19(21(23,24)25)18(17(13)26)30-15-7-5-4-6-14(15)22/h4-11H,3H2,1-2H3/t11-/m1/s1. The molecule has 0 radical (unpaired) electrons. The van der Waals surface area contributed by atoms with E-state index in [1.807, 2.05) is 0 Å². The fourth-order valence-electron chi connectivity index (χ4n) is 2.66. The number of para-hydroxylation sites is 1. The lowest BCUT2D eigenvalue weighted by Crippen LogP contribution is -2.26. The normalized spacial score (nSPS) is 12.5. The van der Waals surface area contributed by atoms with Gasteiger partial charge in [-0.25, -0.2) is 4.79 Å². The number of benzene rings is 2. The van der Waals surface area contributed by atoms with Crippen LogP contribution in [0.2, 0.25) is 5.02 Å². The van der Waals surface area contributed by atoms with Crippen LogP contribution in [-0.4, -0.2) is 18.7 Å². The van der Waals surface area contributed by atoms with Gasteiger partial charge in [-0.1, -0.05) is 23.7 Å². The predicted octanol–water partition coefficient (Wildman–Crippen LogP) is 5.59. The van der Waals surface area contributed by atoms with Gasteiger partial charge in [-0.05, 0) is 38.1 Å². The molecule has 0 spiro atoms. The van der Waals surface area contributed by atoms with Crippen molar-refractivity contribution in [2.24, 2.45) is 0 Å². The second-order valence-corrected chi connectivity index (χ2v) is 6.70. The van der Waals surface area contributed by atoms with Crippen LogP contribution in [0.1, 0.15) is 19.6 Å². The van der Waals surface area contributed by atoms with E-state index < -0.39 is 40.8 Å². The molecule has 164 valence electrons. The average molecular weight is 457 g/mol. The zero-order valence-electron chi connectivity index (χ0n) is 16.3. The van der Waals surface area contributed by atoms with E-state index in [0.29, 0.717) is 0 Å². The van der Waals surface area contributed by atoms with Crippen molar-refractivity contribution in [3.8, 4) is 17.2 Å². The molecule has 10 heteroatoms. The van der Waals surface area contributed by atoms with Crippen molar-refractivity contribution in [3.05, 3.63) is 63.5 Å². The lowest BCUT2D eigenvalue weighted by molar-refractivity contribution is -0.154. The topological polar surface area (TPSA) is 75.0 Å². The highest BCUT2D eigenvalue weighted by Gasteiger charge is 2.40. The lowest BCUT2D eigenvalue weighted by Gasteiger charge is -2.15. The summed E-state index contributed by atoms with van der Waals surface area (Å²) in [7, 11) is 0. The van der Waals surface area contributed by atoms with Crippen molar-refractivity contribution in [1.82, 2.24) is 0 Å². The Labute approximate surface area is 179 Å². The Bertz CT molecular complexity index is 1170. The molecular weight excluding hydrogens is 441 g/mol. The first-order valence-corrected chi connectivity index (χ1v) is 9.43. The van der Waals surface area contributed by atoms with E-state index in [2.05, 4.69) is 0 Å². The van der Waals surface area contributed by atoms with E-state index in [0.717, 1.165) is 6.07 Å². The van der Waals surface area contributed by atoms with Gasteiger partial charge in [0.1, 0.15) is 17.1 Å². The maximum atomic E-state index is 13.6. The number of alkyl halides is 3. The van der Waals surface area contributed by atoms with Gasteiger partial charge in [0.25, 0.3) is 5.76 Å². The maximum absolute atomic E-state index is 13.6. The molecule has 0 aliphatic rings. The highest BCUT2D eigenvalue weighted by Crippen LogP contribution is 2.39. The van der Waals surface area contributed by atoms with Gasteiger partial charge in [0, 0.05) is 6.07 Å². The first kappa shape index (κ1) is 22.5. The molecule has 2 aromatic carbocycles. The van der Waals surface area contributed by atoms with Crippen LogP contribution < -0.4 is 14.9 Å².